The highest BCUT2D eigenvalue weighted by atomic mass is 16.5. The maximum Gasteiger partial charge on any atom is 0.223 e. The summed E-state index contributed by atoms with van der Waals surface area (Å²) in [6, 6.07) is 0.217. The molecule has 2 aromatic heterocycles. The average Bonchev–Trinajstić information content (AvgIpc) is 3.27. The van der Waals surface area contributed by atoms with E-state index in [0.29, 0.717) is 18.3 Å². The molecule has 8 nitrogen and oxygen atoms in total. The fourth-order valence-corrected chi connectivity index (χ4v) is 3.43. The van der Waals surface area contributed by atoms with Crippen LogP contribution in [-0.2, 0) is 24.8 Å². The van der Waals surface area contributed by atoms with E-state index in [2.05, 4.69) is 26.3 Å². The second kappa shape index (κ2) is 7.77. The van der Waals surface area contributed by atoms with Crippen molar-refractivity contribution in [3.63, 3.8) is 0 Å². The van der Waals surface area contributed by atoms with E-state index in [-0.39, 0.29) is 11.9 Å². The average molecular weight is 346 g/mol. The molecule has 1 aliphatic heterocycles. The minimum atomic E-state index is 0.0599. The minimum Gasteiger partial charge on any atom is -0.340 e. The van der Waals surface area contributed by atoms with Gasteiger partial charge in [-0.25, -0.2) is 0 Å². The highest BCUT2D eigenvalue weighted by molar-refractivity contribution is 5.73. The van der Waals surface area contributed by atoms with Crippen LogP contribution in [0.2, 0.25) is 0 Å². The first-order valence-corrected chi connectivity index (χ1v) is 8.77. The molecule has 0 aliphatic carbocycles. The topological polar surface area (TPSA) is 80.3 Å². The van der Waals surface area contributed by atoms with Gasteiger partial charge in [-0.05, 0) is 31.4 Å². The van der Waals surface area contributed by atoms with Gasteiger partial charge >= 0.3 is 0 Å². The molecule has 1 aliphatic rings. The van der Waals surface area contributed by atoms with Gasteiger partial charge in [0.25, 0.3) is 0 Å². The van der Waals surface area contributed by atoms with E-state index < -0.39 is 0 Å². The fraction of sp³-hybridized carbons (Fsp3) is 0.647. The Morgan fingerprint density at radius 3 is 2.96 bits per heavy atom. The zero-order valence-corrected chi connectivity index (χ0v) is 15.2. The molecule has 25 heavy (non-hydrogen) atoms. The first kappa shape index (κ1) is 17.6. The third-order valence-electron chi connectivity index (χ3n) is 4.67. The lowest BCUT2D eigenvalue weighted by Gasteiger charge is -2.27. The summed E-state index contributed by atoms with van der Waals surface area (Å²) in [7, 11) is 1.94. The second-order valence-corrected chi connectivity index (χ2v) is 6.75. The molecule has 1 unspecified atom stereocenters. The van der Waals surface area contributed by atoms with Crippen molar-refractivity contribution in [2.24, 2.45) is 7.05 Å². The fourth-order valence-electron chi connectivity index (χ4n) is 3.43. The number of aryl methyl sites for hydroxylation is 3. The number of amides is 1. The molecule has 8 heteroatoms. The normalized spacial score (nSPS) is 18.0. The molecule has 0 spiro atoms. The zero-order chi connectivity index (χ0) is 17.8. The Morgan fingerprint density at radius 1 is 1.48 bits per heavy atom. The van der Waals surface area contributed by atoms with E-state index in [1.807, 2.05) is 22.8 Å². The van der Waals surface area contributed by atoms with Crippen molar-refractivity contribution >= 4 is 5.91 Å². The Labute approximate surface area is 147 Å². The van der Waals surface area contributed by atoms with Crippen LogP contribution in [0.25, 0.3) is 0 Å². The highest BCUT2D eigenvalue weighted by Gasteiger charge is 2.29. The van der Waals surface area contributed by atoms with E-state index in [1.165, 1.54) is 5.56 Å². The van der Waals surface area contributed by atoms with Gasteiger partial charge in [0.2, 0.25) is 11.8 Å². The molecule has 3 rings (SSSR count). The first-order chi connectivity index (χ1) is 12.0. The molecule has 0 N–H and O–H groups in total. The van der Waals surface area contributed by atoms with E-state index >= 15 is 0 Å². The van der Waals surface area contributed by atoms with Crippen LogP contribution >= 0.6 is 0 Å². The van der Waals surface area contributed by atoms with Gasteiger partial charge in [-0.2, -0.15) is 10.1 Å². The lowest BCUT2D eigenvalue weighted by molar-refractivity contribution is -0.131. The van der Waals surface area contributed by atoms with Crippen molar-refractivity contribution in [3.05, 3.63) is 29.7 Å². The van der Waals surface area contributed by atoms with Crippen molar-refractivity contribution < 1.29 is 9.32 Å². The number of aromatic nitrogens is 4. The Hall–Kier alpha value is -2.22. The number of hydrogen-bond acceptors (Lipinski definition) is 6. The van der Waals surface area contributed by atoms with Crippen LogP contribution in [0.5, 0.6) is 0 Å². The summed E-state index contributed by atoms with van der Waals surface area (Å²) in [5.74, 6) is 1.16. The summed E-state index contributed by atoms with van der Waals surface area (Å²) < 4.78 is 6.85. The molecular formula is C17H26N6O2. The molecule has 1 amide bonds. The van der Waals surface area contributed by atoms with E-state index in [9.17, 15) is 4.79 Å². The van der Waals surface area contributed by atoms with Gasteiger partial charge < -0.3 is 14.3 Å². The minimum absolute atomic E-state index is 0.0599. The van der Waals surface area contributed by atoms with Gasteiger partial charge in [0.15, 0.2) is 5.82 Å². The third kappa shape index (κ3) is 4.66. The summed E-state index contributed by atoms with van der Waals surface area (Å²) in [5.41, 5.74) is 1.27. The molecule has 0 bridgehead atoms. The predicted octanol–water partition coefficient (Wildman–Crippen LogP) is 1.17. The largest absolute Gasteiger partial charge is 0.340 e. The van der Waals surface area contributed by atoms with Crippen LogP contribution < -0.4 is 0 Å². The summed E-state index contributed by atoms with van der Waals surface area (Å²) in [4.78, 5) is 20.6. The van der Waals surface area contributed by atoms with Gasteiger partial charge in [0.05, 0.1) is 12.7 Å². The van der Waals surface area contributed by atoms with Gasteiger partial charge in [-0.1, -0.05) is 5.16 Å². The molecule has 1 fully saturated rings. The monoisotopic (exact) mass is 346 g/mol. The van der Waals surface area contributed by atoms with E-state index in [0.717, 1.165) is 38.9 Å². The third-order valence-corrected chi connectivity index (χ3v) is 4.67. The molecular weight excluding hydrogens is 320 g/mol. The summed E-state index contributed by atoms with van der Waals surface area (Å²) in [6.45, 7) is 6.75. The van der Waals surface area contributed by atoms with Crippen molar-refractivity contribution in [1.29, 1.82) is 0 Å². The number of hydrogen-bond donors (Lipinski definition) is 0. The number of nitrogens with zero attached hydrogens (tertiary/aromatic N) is 6. The van der Waals surface area contributed by atoms with Crippen LogP contribution in [0, 0.1) is 6.92 Å². The molecule has 0 aromatic carbocycles. The Balaban J connectivity index is 1.48. The predicted molar refractivity (Wildman–Crippen MR) is 91.6 cm³/mol. The standard InChI is InChI=1S/C17H26N6O2/c1-13-19-17(20-25-13)12-23(14(2)24)16-6-8-22(11-16)7-4-5-15-9-18-21(3)10-15/h9-10,16H,4-8,11-12H2,1-3H3. The molecule has 1 saturated heterocycles. The quantitative estimate of drug-likeness (QED) is 0.749. The van der Waals surface area contributed by atoms with E-state index in [4.69, 9.17) is 4.52 Å². The highest BCUT2D eigenvalue weighted by Crippen LogP contribution is 2.18. The Morgan fingerprint density at radius 2 is 2.32 bits per heavy atom. The van der Waals surface area contributed by atoms with Gasteiger partial charge in [-0.3, -0.25) is 9.48 Å². The Bertz CT molecular complexity index is 710. The molecule has 0 radical (unpaired) electrons. The van der Waals surface area contributed by atoms with Gasteiger partial charge in [-0.15, -0.1) is 0 Å². The number of rotatable bonds is 7. The van der Waals surface area contributed by atoms with Gasteiger partial charge in [0, 0.05) is 46.2 Å². The Kier molecular flexibility index (Phi) is 5.47. The maximum atomic E-state index is 12.1. The van der Waals surface area contributed by atoms with Crippen LogP contribution in [0.1, 0.15) is 37.0 Å². The van der Waals surface area contributed by atoms with Crippen molar-refractivity contribution in [3.8, 4) is 0 Å². The van der Waals surface area contributed by atoms with Crippen LogP contribution in [0.4, 0.5) is 0 Å². The molecule has 0 saturated carbocycles. The zero-order valence-electron chi connectivity index (χ0n) is 15.2. The van der Waals surface area contributed by atoms with Gasteiger partial charge in [0.1, 0.15) is 0 Å². The summed E-state index contributed by atoms with van der Waals surface area (Å²) >= 11 is 0. The second-order valence-electron chi connectivity index (χ2n) is 6.75. The molecule has 3 heterocycles. The van der Waals surface area contributed by atoms with Crippen LogP contribution in [0.15, 0.2) is 16.9 Å². The maximum absolute atomic E-state index is 12.1. The number of likely N-dealkylation sites (tertiary alicyclic amines) is 1. The lowest BCUT2D eigenvalue weighted by atomic mass is 10.2. The van der Waals surface area contributed by atoms with E-state index in [1.54, 1.807) is 13.8 Å². The lowest BCUT2D eigenvalue weighted by Crippen LogP contribution is -2.40. The van der Waals surface area contributed by atoms with Crippen molar-refractivity contribution in [2.45, 2.75) is 45.7 Å². The number of carbonyl (C=O) groups is 1. The summed E-state index contributed by atoms with van der Waals surface area (Å²) in [6.07, 6.45) is 7.12. The molecule has 2 aromatic rings. The first-order valence-electron chi connectivity index (χ1n) is 8.77. The van der Waals surface area contributed by atoms with Crippen LogP contribution in [0.3, 0.4) is 0 Å². The van der Waals surface area contributed by atoms with Crippen LogP contribution in [-0.4, -0.2) is 61.3 Å². The SMILES string of the molecule is CC(=O)N(Cc1noc(C)n1)C1CCN(CCCc2cnn(C)c2)C1. The number of carbonyl (C=O) groups excluding carboxylic acids is 1. The summed E-state index contributed by atoms with van der Waals surface area (Å²) in [5, 5.41) is 8.11. The van der Waals surface area contributed by atoms with Crippen molar-refractivity contribution in [2.75, 3.05) is 19.6 Å². The van der Waals surface area contributed by atoms with Crippen molar-refractivity contribution in [1.82, 2.24) is 29.7 Å². The molecule has 136 valence electrons. The smallest absolute Gasteiger partial charge is 0.223 e. The molecule has 1 atom stereocenters.